The fraction of sp³-hybridized carbons (Fsp3) is 0.394. The van der Waals surface area contributed by atoms with Crippen molar-refractivity contribution in [2.75, 3.05) is 44.4 Å². The van der Waals surface area contributed by atoms with Gasteiger partial charge in [-0.1, -0.05) is 29.8 Å². The number of aryl methyl sites for hydroxylation is 1. The average Bonchev–Trinajstić information content (AvgIpc) is 3.33. The van der Waals surface area contributed by atoms with Crippen molar-refractivity contribution in [2.45, 2.75) is 45.6 Å². The number of carboxylic acid groups (broad SMARTS) is 1. The lowest BCUT2D eigenvalue weighted by molar-refractivity contribution is -0.136. The van der Waals surface area contributed by atoms with Crippen LogP contribution in [0.1, 0.15) is 36.5 Å². The molecular weight excluding hydrogens is 573 g/mol. The van der Waals surface area contributed by atoms with Crippen molar-refractivity contribution in [3.63, 3.8) is 0 Å². The minimum Gasteiger partial charge on any atom is -0.491 e. The Bertz CT molecular complexity index is 1700. The molecule has 3 aliphatic rings. The molecule has 8 nitrogen and oxygen atoms in total. The van der Waals surface area contributed by atoms with E-state index in [1.807, 2.05) is 42.5 Å². The van der Waals surface area contributed by atoms with E-state index in [0.717, 1.165) is 46.5 Å². The van der Waals surface area contributed by atoms with Crippen LogP contribution in [0.2, 0.25) is 5.15 Å². The fourth-order valence-corrected chi connectivity index (χ4v) is 6.42. The third kappa shape index (κ3) is 5.69. The van der Waals surface area contributed by atoms with Crippen LogP contribution in [0.4, 0.5) is 10.2 Å². The highest BCUT2D eigenvalue weighted by Gasteiger charge is 2.34. The zero-order valence-electron chi connectivity index (χ0n) is 24.6. The van der Waals surface area contributed by atoms with E-state index in [-0.39, 0.29) is 17.8 Å². The summed E-state index contributed by atoms with van der Waals surface area (Å²) in [7, 11) is 0. The summed E-state index contributed by atoms with van der Waals surface area (Å²) in [5.41, 5.74) is 5.48. The number of pyridine rings is 1. The number of anilines is 1. The minimum atomic E-state index is -0.910. The fourth-order valence-electron chi connectivity index (χ4n) is 6.10. The zero-order chi connectivity index (χ0) is 30.3. The highest BCUT2D eigenvalue weighted by molar-refractivity contribution is 6.32. The number of benzene rings is 2. The Morgan fingerprint density at radius 1 is 1.05 bits per heavy atom. The first-order valence-corrected chi connectivity index (χ1v) is 14.9. The first kappa shape index (κ1) is 29.4. The second-order valence-corrected chi connectivity index (χ2v) is 11.9. The van der Waals surface area contributed by atoms with E-state index in [1.165, 1.54) is 12.1 Å². The van der Waals surface area contributed by atoms with Crippen molar-refractivity contribution in [2.24, 2.45) is 0 Å². The van der Waals surface area contributed by atoms with Crippen molar-refractivity contribution < 1.29 is 28.5 Å². The molecule has 10 heteroatoms. The Labute approximate surface area is 255 Å². The SMILES string of the molecule is Cc1c(CC(=O)O)c2n3c(Cl)c(nc3c1C)-c1cccc(c1)-c1cc(F)ccc1OCCOCCOC1(C)CCN2CC1. The Balaban J connectivity index is 1.55. The molecule has 0 unspecified atom stereocenters. The third-order valence-electron chi connectivity index (χ3n) is 8.65. The van der Waals surface area contributed by atoms with Gasteiger partial charge in [0.2, 0.25) is 0 Å². The molecule has 4 aromatic rings. The van der Waals surface area contributed by atoms with Crippen molar-refractivity contribution in [1.29, 1.82) is 0 Å². The Morgan fingerprint density at radius 2 is 1.79 bits per heavy atom. The van der Waals surface area contributed by atoms with Gasteiger partial charge in [0.05, 0.1) is 31.8 Å². The maximum absolute atomic E-state index is 14.4. The molecule has 1 saturated heterocycles. The van der Waals surface area contributed by atoms with Crippen LogP contribution < -0.4 is 9.64 Å². The van der Waals surface area contributed by atoms with Gasteiger partial charge in [0.15, 0.2) is 0 Å². The number of piperidine rings is 1. The number of carboxylic acids is 1. The number of carbonyl (C=O) groups is 1. The maximum atomic E-state index is 14.4. The average molecular weight is 608 g/mol. The molecule has 6 bridgehead atoms. The van der Waals surface area contributed by atoms with Gasteiger partial charge in [-0.25, -0.2) is 9.37 Å². The van der Waals surface area contributed by atoms with E-state index in [1.54, 1.807) is 6.07 Å². The lowest BCUT2D eigenvalue weighted by Crippen LogP contribution is -2.45. The molecule has 5 heterocycles. The van der Waals surface area contributed by atoms with E-state index in [2.05, 4.69) is 11.8 Å². The summed E-state index contributed by atoms with van der Waals surface area (Å²) >= 11 is 7.19. The summed E-state index contributed by atoms with van der Waals surface area (Å²) in [6.07, 6.45) is 1.37. The van der Waals surface area contributed by atoms with E-state index in [4.69, 9.17) is 30.8 Å². The number of aliphatic carboxylic acids is 1. The summed E-state index contributed by atoms with van der Waals surface area (Å²) in [5, 5.41) is 10.3. The monoisotopic (exact) mass is 607 g/mol. The molecule has 0 amide bonds. The van der Waals surface area contributed by atoms with Crippen LogP contribution >= 0.6 is 11.6 Å². The van der Waals surface area contributed by atoms with E-state index >= 15 is 0 Å². The molecule has 2 aromatic heterocycles. The van der Waals surface area contributed by atoms with Gasteiger partial charge in [-0.2, -0.15) is 0 Å². The van der Waals surface area contributed by atoms with Crippen molar-refractivity contribution in [3.8, 4) is 28.1 Å². The molecule has 2 aromatic carbocycles. The number of hydrogen-bond donors (Lipinski definition) is 1. The zero-order valence-corrected chi connectivity index (χ0v) is 25.3. The number of halogens is 2. The van der Waals surface area contributed by atoms with Crippen LogP contribution in [0.5, 0.6) is 5.75 Å². The van der Waals surface area contributed by atoms with Crippen molar-refractivity contribution in [3.05, 3.63) is 70.1 Å². The van der Waals surface area contributed by atoms with Gasteiger partial charge in [0.1, 0.15) is 40.5 Å². The molecule has 43 heavy (non-hydrogen) atoms. The van der Waals surface area contributed by atoms with Gasteiger partial charge in [-0.3, -0.25) is 9.20 Å². The summed E-state index contributed by atoms with van der Waals surface area (Å²) in [6.45, 7) is 8.88. The third-order valence-corrected chi connectivity index (χ3v) is 9.00. The Morgan fingerprint density at radius 3 is 2.56 bits per heavy atom. The number of nitrogens with zero attached hydrogens (tertiary/aromatic N) is 3. The second kappa shape index (κ2) is 11.8. The number of rotatable bonds is 2. The van der Waals surface area contributed by atoms with Crippen LogP contribution in [0.3, 0.4) is 0 Å². The first-order valence-electron chi connectivity index (χ1n) is 14.6. The normalized spacial score (nSPS) is 17.1. The summed E-state index contributed by atoms with van der Waals surface area (Å²) in [6, 6.07) is 12.1. The number of hydrogen-bond acceptors (Lipinski definition) is 6. The molecule has 3 aliphatic heterocycles. The minimum absolute atomic E-state index is 0.138. The molecule has 0 radical (unpaired) electrons. The van der Waals surface area contributed by atoms with Gasteiger partial charge in [0, 0.05) is 29.8 Å². The van der Waals surface area contributed by atoms with Gasteiger partial charge < -0.3 is 24.2 Å². The van der Waals surface area contributed by atoms with Crippen LogP contribution in [0.15, 0.2) is 42.5 Å². The molecule has 226 valence electrons. The molecular formula is C33H35ClFN3O5. The van der Waals surface area contributed by atoms with Crippen molar-refractivity contribution in [1.82, 2.24) is 9.38 Å². The van der Waals surface area contributed by atoms with Crippen LogP contribution in [-0.4, -0.2) is 65.6 Å². The van der Waals surface area contributed by atoms with E-state index < -0.39 is 5.97 Å². The second-order valence-electron chi connectivity index (χ2n) is 11.5. The summed E-state index contributed by atoms with van der Waals surface area (Å²) < 4.78 is 34.4. The quantitative estimate of drug-likeness (QED) is 0.261. The van der Waals surface area contributed by atoms with Crippen LogP contribution in [0.25, 0.3) is 28.0 Å². The molecule has 1 N–H and O–H groups in total. The predicted octanol–water partition coefficient (Wildman–Crippen LogP) is 6.49. The summed E-state index contributed by atoms with van der Waals surface area (Å²) in [5.74, 6) is 0.00673. The molecule has 7 rings (SSSR count). The number of ether oxygens (including phenoxy) is 3. The summed E-state index contributed by atoms with van der Waals surface area (Å²) in [4.78, 5) is 19.3. The highest BCUT2D eigenvalue weighted by atomic mass is 35.5. The lowest BCUT2D eigenvalue weighted by atomic mass is 9.92. The largest absolute Gasteiger partial charge is 0.491 e. The van der Waals surface area contributed by atoms with E-state index in [9.17, 15) is 14.3 Å². The first-order chi connectivity index (χ1) is 20.6. The standard InChI is InChI=1S/C33H35ClFN3O5/c1-20-21(2)31-36-29-23-6-4-5-22(17-23)26-18-24(35)7-8-27(26)42-15-13-41-14-16-43-33(3)9-11-37(12-10-33)32(38(31)30(29)34)25(20)19-28(39)40/h4-8,17-18H,9-16,19H2,1-3H3,(H,39,40). The Hall–Kier alpha value is -3.66. The van der Waals surface area contributed by atoms with Crippen LogP contribution in [0, 0.1) is 19.7 Å². The predicted molar refractivity (Wildman–Crippen MR) is 164 cm³/mol. The maximum Gasteiger partial charge on any atom is 0.307 e. The lowest BCUT2D eigenvalue weighted by Gasteiger charge is -2.41. The Kier molecular flexibility index (Phi) is 8.06. The number of imidazole rings is 1. The number of aromatic nitrogens is 2. The van der Waals surface area contributed by atoms with Gasteiger partial charge >= 0.3 is 5.97 Å². The smallest absolute Gasteiger partial charge is 0.307 e. The highest BCUT2D eigenvalue weighted by Crippen LogP contribution is 2.41. The van der Waals surface area contributed by atoms with Gasteiger partial charge in [-0.15, -0.1) is 0 Å². The molecule has 0 saturated carbocycles. The van der Waals surface area contributed by atoms with Crippen molar-refractivity contribution >= 4 is 29.0 Å². The molecule has 1 fully saturated rings. The van der Waals surface area contributed by atoms with E-state index in [0.29, 0.717) is 67.3 Å². The number of fused-ring (bicyclic) bond motifs is 8. The van der Waals surface area contributed by atoms with Gasteiger partial charge in [0.25, 0.3) is 0 Å². The van der Waals surface area contributed by atoms with Crippen LogP contribution in [-0.2, 0) is 20.7 Å². The molecule has 0 aliphatic carbocycles. The molecule has 0 atom stereocenters. The van der Waals surface area contributed by atoms with Gasteiger partial charge in [-0.05, 0) is 74.6 Å². The molecule has 0 spiro atoms. The topological polar surface area (TPSA) is 85.5 Å².